The van der Waals surface area contributed by atoms with Crippen molar-refractivity contribution in [2.45, 2.75) is 32.4 Å². The summed E-state index contributed by atoms with van der Waals surface area (Å²) in [5, 5.41) is 12.2. The van der Waals surface area contributed by atoms with E-state index in [1.165, 1.54) is 0 Å². The third-order valence-electron chi connectivity index (χ3n) is 4.28. The largest absolute Gasteiger partial charge is 0.395 e. The van der Waals surface area contributed by atoms with Crippen LogP contribution in [0.15, 0.2) is 36.9 Å². The number of fused-ring (bicyclic) bond motifs is 1. The molecule has 0 aliphatic rings. The highest BCUT2D eigenvalue weighted by molar-refractivity contribution is 5.97. The van der Waals surface area contributed by atoms with E-state index >= 15 is 0 Å². The Morgan fingerprint density at radius 3 is 2.88 bits per heavy atom. The highest BCUT2D eigenvalue weighted by atomic mass is 16.3. The zero-order valence-corrected chi connectivity index (χ0v) is 14.5. The van der Waals surface area contributed by atoms with Crippen LogP contribution >= 0.6 is 0 Å². The summed E-state index contributed by atoms with van der Waals surface area (Å²) in [4.78, 5) is 21.4. The molecule has 1 aromatic carbocycles. The first kappa shape index (κ1) is 17.2. The lowest BCUT2D eigenvalue weighted by atomic mass is 10.1. The molecule has 3 aromatic rings. The molecule has 0 radical (unpaired) electrons. The Morgan fingerprint density at radius 2 is 2.20 bits per heavy atom. The van der Waals surface area contributed by atoms with Gasteiger partial charge in [0.25, 0.3) is 5.91 Å². The highest BCUT2D eigenvalue weighted by Gasteiger charge is 2.19. The van der Waals surface area contributed by atoms with Crippen LogP contribution < -0.4 is 5.32 Å². The summed E-state index contributed by atoms with van der Waals surface area (Å²) in [6, 6.07) is 5.30. The Morgan fingerprint density at radius 1 is 1.36 bits per heavy atom. The first-order valence-electron chi connectivity index (χ1n) is 8.48. The molecule has 2 N–H and O–H groups in total. The van der Waals surface area contributed by atoms with Gasteiger partial charge in [-0.1, -0.05) is 13.3 Å². The van der Waals surface area contributed by atoms with Crippen LogP contribution in [-0.2, 0) is 13.6 Å². The quantitative estimate of drug-likeness (QED) is 0.689. The van der Waals surface area contributed by atoms with Gasteiger partial charge < -0.3 is 19.6 Å². The molecule has 7 heteroatoms. The van der Waals surface area contributed by atoms with Crippen LogP contribution in [0.25, 0.3) is 11.0 Å². The van der Waals surface area contributed by atoms with Gasteiger partial charge in [-0.2, -0.15) is 0 Å². The summed E-state index contributed by atoms with van der Waals surface area (Å²) >= 11 is 0. The van der Waals surface area contributed by atoms with Gasteiger partial charge in [0.2, 0.25) is 0 Å². The SMILES string of the molecule is CCC[C@H](NC(=O)c1ccc2c(c1)ncn2CCO)c1nccn1C. The minimum absolute atomic E-state index is 0.0516. The first-order chi connectivity index (χ1) is 12.1. The maximum Gasteiger partial charge on any atom is 0.251 e. The van der Waals surface area contributed by atoms with E-state index in [4.69, 9.17) is 5.11 Å². The lowest BCUT2D eigenvalue weighted by Crippen LogP contribution is -2.30. The lowest BCUT2D eigenvalue weighted by molar-refractivity contribution is 0.0932. The number of aliphatic hydroxyl groups is 1. The molecule has 132 valence electrons. The fourth-order valence-electron chi connectivity index (χ4n) is 3.00. The topological polar surface area (TPSA) is 85.0 Å². The molecule has 0 saturated carbocycles. The van der Waals surface area contributed by atoms with Gasteiger partial charge in [-0.3, -0.25) is 4.79 Å². The Hall–Kier alpha value is -2.67. The van der Waals surface area contributed by atoms with Crippen LogP contribution in [0.3, 0.4) is 0 Å². The van der Waals surface area contributed by atoms with Crippen molar-refractivity contribution in [1.29, 1.82) is 0 Å². The van der Waals surface area contributed by atoms with Gasteiger partial charge in [0.05, 0.1) is 30.0 Å². The van der Waals surface area contributed by atoms with Gasteiger partial charge in [-0.15, -0.1) is 0 Å². The van der Waals surface area contributed by atoms with Crippen molar-refractivity contribution in [3.8, 4) is 0 Å². The second-order valence-electron chi connectivity index (χ2n) is 6.08. The van der Waals surface area contributed by atoms with E-state index in [-0.39, 0.29) is 18.6 Å². The zero-order valence-electron chi connectivity index (χ0n) is 14.5. The number of aliphatic hydroxyl groups excluding tert-OH is 1. The van der Waals surface area contributed by atoms with Crippen LogP contribution in [0.1, 0.15) is 42.0 Å². The number of rotatable bonds is 7. The highest BCUT2D eigenvalue weighted by Crippen LogP contribution is 2.19. The van der Waals surface area contributed by atoms with Crippen LogP contribution in [0.2, 0.25) is 0 Å². The number of benzene rings is 1. The van der Waals surface area contributed by atoms with Crippen molar-refractivity contribution in [2.75, 3.05) is 6.61 Å². The molecule has 2 aromatic heterocycles. The maximum atomic E-state index is 12.7. The summed E-state index contributed by atoms with van der Waals surface area (Å²) in [5.41, 5.74) is 2.21. The maximum absolute atomic E-state index is 12.7. The van der Waals surface area contributed by atoms with Crippen LogP contribution in [-0.4, -0.2) is 36.7 Å². The molecule has 0 aliphatic heterocycles. The average Bonchev–Trinajstić information content (AvgIpc) is 3.21. The number of nitrogens with zero attached hydrogens (tertiary/aromatic N) is 4. The number of hydrogen-bond donors (Lipinski definition) is 2. The number of hydrogen-bond acceptors (Lipinski definition) is 4. The van der Waals surface area contributed by atoms with Gasteiger partial charge in [0, 0.05) is 31.5 Å². The predicted octanol–water partition coefficient (Wildman–Crippen LogP) is 2.03. The normalized spacial score (nSPS) is 12.4. The molecular weight excluding hydrogens is 318 g/mol. The van der Waals surface area contributed by atoms with Crippen molar-refractivity contribution in [1.82, 2.24) is 24.4 Å². The number of aryl methyl sites for hydroxylation is 1. The molecule has 2 heterocycles. The Balaban J connectivity index is 1.82. The summed E-state index contributed by atoms with van der Waals surface area (Å²) in [6.45, 7) is 2.62. The molecule has 0 unspecified atom stereocenters. The number of carbonyl (C=O) groups is 1. The minimum atomic E-state index is -0.139. The summed E-state index contributed by atoms with van der Waals surface area (Å²) in [6.07, 6.45) is 7.07. The second-order valence-corrected chi connectivity index (χ2v) is 6.08. The third kappa shape index (κ3) is 3.56. The molecular formula is C18H23N5O2. The molecule has 3 rings (SSSR count). The third-order valence-corrected chi connectivity index (χ3v) is 4.28. The number of amides is 1. The first-order valence-corrected chi connectivity index (χ1v) is 8.48. The molecule has 7 nitrogen and oxygen atoms in total. The monoisotopic (exact) mass is 341 g/mol. The van der Waals surface area contributed by atoms with E-state index in [0.717, 1.165) is 29.7 Å². The number of aromatic nitrogens is 4. The number of imidazole rings is 2. The predicted molar refractivity (Wildman–Crippen MR) is 95.1 cm³/mol. The second kappa shape index (κ2) is 7.48. The Bertz CT molecular complexity index is 867. The minimum Gasteiger partial charge on any atom is -0.395 e. The van der Waals surface area contributed by atoms with Gasteiger partial charge in [0.15, 0.2) is 0 Å². The average molecular weight is 341 g/mol. The molecule has 25 heavy (non-hydrogen) atoms. The smallest absolute Gasteiger partial charge is 0.251 e. The zero-order chi connectivity index (χ0) is 17.8. The van der Waals surface area contributed by atoms with E-state index in [0.29, 0.717) is 12.1 Å². The van der Waals surface area contributed by atoms with Crippen molar-refractivity contribution < 1.29 is 9.90 Å². The van der Waals surface area contributed by atoms with E-state index < -0.39 is 0 Å². The summed E-state index contributed by atoms with van der Waals surface area (Å²) in [7, 11) is 1.93. The number of carbonyl (C=O) groups excluding carboxylic acids is 1. The molecule has 0 aliphatic carbocycles. The lowest BCUT2D eigenvalue weighted by Gasteiger charge is -2.18. The molecule has 1 atom stereocenters. The summed E-state index contributed by atoms with van der Waals surface area (Å²) in [5.74, 6) is 0.712. The van der Waals surface area contributed by atoms with Crippen molar-refractivity contribution in [3.05, 3.63) is 48.3 Å². The van der Waals surface area contributed by atoms with Crippen molar-refractivity contribution in [3.63, 3.8) is 0 Å². The number of nitrogens with one attached hydrogen (secondary N) is 1. The van der Waals surface area contributed by atoms with E-state index in [1.54, 1.807) is 24.7 Å². The van der Waals surface area contributed by atoms with Crippen LogP contribution in [0.4, 0.5) is 0 Å². The molecule has 0 bridgehead atoms. The molecule has 1 amide bonds. The van der Waals surface area contributed by atoms with Crippen LogP contribution in [0.5, 0.6) is 0 Å². The fraction of sp³-hybridized carbons (Fsp3) is 0.389. The van der Waals surface area contributed by atoms with E-state index in [9.17, 15) is 4.79 Å². The fourth-order valence-corrected chi connectivity index (χ4v) is 3.00. The van der Waals surface area contributed by atoms with Crippen LogP contribution in [0, 0.1) is 0 Å². The van der Waals surface area contributed by atoms with E-state index in [2.05, 4.69) is 22.2 Å². The van der Waals surface area contributed by atoms with Gasteiger partial charge in [-0.25, -0.2) is 9.97 Å². The van der Waals surface area contributed by atoms with Crippen molar-refractivity contribution in [2.24, 2.45) is 7.05 Å². The molecule has 0 saturated heterocycles. The van der Waals surface area contributed by atoms with Gasteiger partial charge in [0.1, 0.15) is 5.82 Å². The van der Waals surface area contributed by atoms with Gasteiger partial charge >= 0.3 is 0 Å². The Kier molecular flexibility index (Phi) is 5.14. The Labute approximate surface area is 146 Å². The molecule has 0 fully saturated rings. The van der Waals surface area contributed by atoms with E-state index in [1.807, 2.05) is 28.4 Å². The standard InChI is InChI=1S/C18H23N5O2/c1-3-4-14(17-19-7-8-22(17)2)21-18(25)13-5-6-16-15(11-13)20-12-23(16)9-10-24/h5-8,11-12,14,24H,3-4,9-10H2,1-2H3,(H,21,25)/t14-/m0/s1. The van der Waals surface area contributed by atoms with Gasteiger partial charge in [-0.05, 0) is 24.6 Å². The molecule has 0 spiro atoms. The summed E-state index contributed by atoms with van der Waals surface area (Å²) < 4.78 is 3.80. The van der Waals surface area contributed by atoms with Crippen molar-refractivity contribution >= 4 is 16.9 Å².